The zero-order valence-electron chi connectivity index (χ0n) is 8.23. The van der Waals surface area contributed by atoms with Gasteiger partial charge in [-0.25, -0.2) is 8.42 Å². The van der Waals surface area contributed by atoms with Crippen LogP contribution in [0.25, 0.3) is 0 Å². The van der Waals surface area contributed by atoms with E-state index in [0.717, 1.165) is 5.56 Å². The number of methoxy groups -OCH3 is 1. The van der Waals surface area contributed by atoms with E-state index in [1.54, 1.807) is 24.3 Å². The normalized spacial score (nSPS) is 11.1. The van der Waals surface area contributed by atoms with Crippen LogP contribution in [0.3, 0.4) is 0 Å². The topological polar surface area (TPSA) is 43.4 Å². The Bertz CT molecular complexity index is 465. The van der Waals surface area contributed by atoms with Crippen LogP contribution in [0.5, 0.6) is 5.75 Å². The molecule has 0 fully saturated rings. The minimum absolute atomic E-state index is 0.0336. The first-order valence-corrected chi connectivity index (χ1v) is 6.50. The highest BCUT2D eigenvalue weighted by atomic mass is 35.7. The summed E-state index contributed by atoms with van der Waals surface area (Å²) in [5.41, 5.74) is 0.745. The van der Waals surface area contributed by atoms with E-state index in [2.05, 4.69) is 6.58 Å². The van der Waals surface area contributed by atoms with Gasteiger partial charge in [0.1, 0.15) is 5.75 Å². The number of halogens is 1. The fourth-order valence-electron chi connectivity index (χ4n) is 1.15. The van der Waals surface area contributed by atoms with Gasteiger partial charge in [-0.3, -0.25) is 0 Å². The SMILES string of the molecule is C=C(Cc1ccccc1OC)S(=O)(=O)Cl. The van der Waals surface area contributed by atoms with Crippen molar-refractivity contribution in [1.82, 2.24) is 0 Å². The molecule has 15 heavy (non-hydrogen) atoms. The fraction of sp³-hybridized carbons (Fsp3) is 0.200. The van der Waals surface area contributed by atoms with Crippen LogP contribution >= 0.6 is 10.7 Å². The molecule has 82 valence electrons. The minimum Gasteiger partial charge on any atom is -0.496 e. The lowest BCUT2D eigenvalue weighted by Crippen LogP contribution is -1.99. The van der Waals surface area contributed by atoms with E-state index in [4.69, 9.17) is 15.4 Å². The van der Waals surface area contributed by atoms with Gasteiger partial charge in [-0.1, -0.05) is 24.8 Å². The van der Waals surface area contributed by atoms with Gasteiger partial charge in [-0.15, -0.1) is 0 Å². The predicted octanol–water partition coefficient (Wildman–Crippen LogP) is 2.32. The first-order valence-electron chi connectivity index (χ1n) is 4.19. The molecule has 0 unspecified atom stereocenters. The molecular formula is C10H11ClO3S. The molecule has 0 aliphatic heterocycles. The van der Waals surface area contributed by atoms with Crippen molar-refractivity contribution in [3.05, 3.63) is 41.3 Å². The molecule has 0 aliphatic carbocycles. The Morgan fingerprint density at radius 2 is 2.07 bits per heavy atom. The van der Waals surface area contributed by atoms with E-state index in [1.807, 2.05) is 0 Å². The molecule has 0 radical (unpaired) electrons. The third-order valence-corrected chi connectivity index (χ3v) is 3.41. The van der Waals surface area contributed by atoms with Gasteiger partial charge in [-0.2, -0.15) is 0 Å². The molecule has 1 rings (SSSR count). The Hall–Kier alpha value is -1.00. The summed E-state index contributed by atoms with van der Waals surface area (Å²) in [5.74, 6) is 0.624. The van der Waals surface area contributed by atoms with Crippen LogP contribution in [-0.4, -0.2) is 15.5 Å². The maximum absolute atomic E-state index is 11.0. The average molecular weight is 247 g/mol. The van der Waals surface area contributed by atoms with Crippen molar-refractivity contribution in [2.75, 3.05) is 7.11 Å². The summed E-state index contributed by atoms with van der Waals surface area (Å²) in [6, 6.07) is 7.13. The quantitative estimate of drug-likeness (QED) is 0.766. The van der Waals surface area contributed by atoms with Crippen molar-refractivity contribution < 1.29 is 13.2 Å². The maximum atomic E-state index is 11.0. The minimum atomic E-state index is -3.70. The Morgan fingerprint density at radius 3 is 2.60 bits per heavy atom. The van der Waals surface area contributed by atoms with Crippen LogP contribution in [0.15, 0.2) is 35.7 Å². The molecule has 0 heterocycles. The van der Waals surface area contributed by atoms with E-state index >= 15 is 0 Å². The zero-order chi connectivity index (χ0) is 11.5. The average Bonchev–Trinajstić information content (AvgIpc) is 2.17. The van der Waals surface area contributed by atoms with Crippen LogP contribution in [0.1, 0.15) is 5.56 Å². The van der Waals surface area contributed by atoms with Gasteiger partial charge in [0, 0.05) is 17.1 Å². The summed E-state index contributed by atoms with van der Waals surface area (Å²) in [4.78, 5) is -0.0336. The number of hydrogen-bond acceptors (Lipinski definition) is 3. The van der Waals surface area contributed by atoms with Crippen LogP contribution in [0.4, 0.5) is 0 Å². The first kappa shape index (κ1) is 12.1. The summed E-state index contributed by atoms with van der Waals surface area (Å²) in [5, 5.41) is 0. The van der Waals surface area contributed by atoms with Crippen LogP contribution in [-0.2, 0) is 15.5 Å². The monoisotopic (exact) mass is 246 g/mol. The summed E-state index contributed by atoms with van der Waals surface area (Å²) in [6.45, 7) is 3.42. The Balaban J connectivity index is 2.95. The molecule has 5 heteroatoms. The largest absolute Gasteiger partial charge is 0.496 e. The van der Waals surface area contributed by atoms with E-state index < -0.39 is 9.05 Å². The second kappa shape index (κ2) is 4.68. The van der Waals surface area contributed by atoms with Crippen molar-refractivity contribution in [3.8, 4) is 5.75 Å². The van der Waals surface area contributed by atoms with Crippen molar-refractivity contribution in [1.29, 1.82) is 0 Å². The van der Waals surface area contributed by atoms with E-state index in [-0.39, 0.29) is 11.3 Å². The van der Waals surface area contributed by atoms with E-state index in [9.17, 15) is 8.42 Å². The number of hydrogen-bond donors (Lipinski definition) is 0. The van der Waals surface area contributed by atoms with Gasteiger partial charge in [-0.05, 0) is 11.6 Å². The smallest absolute Gasteiger partial charge is 0.257 e. The standard InChI is InChI=1S/C10H11ClO3S/c1-8(15(11,12)13)7-9-5-3-4-6-10(9)14-2/h3-6H,1,7H2,2H3. The number of ether oxygens (including phenoxy) is 1. The second-order valence-electron chi connectivity index (χ2n) is 2.97. The van der Waals surface area contributed by atoms with Gasteiger partial charge in [0.15, 0.2) is 0 Å². The molecule has 0 aromatic heterocycles. The lowest BCUT2D eigenvalue weighted by atomic mass is 10.1. The first-order chi connectivity index (χ1) is 6.95. The molecule has 0 N–H and O–H groups in total. The third kappa shape index (κ3) is 3.25. The molecule has 3 nitrogen and oxygen atoms in total. The van der Waals surface area contributed by atoms with Crippen molar-refractivity contribution in [3.63, 3.8) is 0 Å². The van der Waals surface area contributed by atoms with Crippen molar-refractivity contribution in [2.24, 2.45) is 0 Å². The highest BCUT2D eigenvalue weighted by molar-refractivity contribution is 8.16. The molecule has 0 aliphatic rings. The third-order valence-electron chi connectivity index (χ3n) is 1.92. The molecule has 0 amide bonds. The lowest BCUT2D eigenvalue weighted by molar-refractivity contribution is 0.410. The summed E-state index contributed by atoms with van der Waals surface area (Å²) in [6.07, 6.45) is 0.163. The summed E-state index contributed by atoms with van der Waals surface area (Å²) >= 11 is 0. The maximum Gasteiger partial charge on any atom is 0.257 e. The van der Waals surface area contributed by atoms with Gasteiger partial charge in [0.25, 0.3) is 9.05 Å². The van der Waals surface area contributed by atoms with Crippen LogP contribution in [0, 0.1) is 0 Å². The molecular weight excluding hydrogens is 236 g/mol. The molecule has 0 saturated carbocycles. The molecule has 0 saturated heterocycles. The van der Waals surface area contributed by atoms with Gasteiger partial charge in [0.05, 0.1) is 12.0 Å². The second-order valence-corrected chi connectivity index (χ2v) is 5.64. The fourth-order valence-corrected chi connectivity index (χ4v) is 1.64. The van der Waals surface area contributed by atoms with Crippen LogP contribution in [0.2, 0.25) is 0 Å². The van der Waals surface area contributed by atoms with Gasteiger partial charge < -0.3 is 4.74 Å². The highest BCUT2D eigenvalue weighted by Crippen LogP contribution is 2.23. The molecule has 1 aromatic rings. The van der Waals surface area contributed by atoms with Crippen LogP contribution < -0.4 is 4.74 Å². The Morgan fingerprint density at radius 1 is 1.47 bits per heavy atom. The summed E-state index contributed by atoms with van der Waals surface area (Å²) in [7, 11) is 2.98. The molecule has 0 atom stereocenters. The molecule has 0 spiro atoms. The van der Waals surface area contributed by atoms with E-state index in [0.29, 0.717) is 5.75 Å². The number of allylic oxidation sites excluding steroid dienone is 1. The number of benzene rings is 1. The van der Waals surface area contributed by atoms with Crippen molar-refractivity contribution >= 4 is 19.7 Å². The zero-order valence-corrected chi connectivity index (χ0v) is 9.81. The Kier molecular flexibility index (Phi) is 3.77. The number of para-hydroxylation sites is 1. The van der Waals surface area contributed by atoms with Gasteiger partial charge >= 0.3 is 0 Å². The van der Waals surface area contributed by atoms with Crippen molar-refractivity contribution in [2.45, 2.75) is 6.42 Å². The highest BCUT2D eigenvalue weighted by Gasteiger charge is 2.13. The number of rotatable bonds is 4. The summed E-state index contributed by atoms with van der Waals surface area (Å²) < 4.78 is 27.0. The van der Waals surface area contributed by atoms with Gasteiger partial charge in [0.2, 0.25) is 0 Å². The predicted molar refractivity (Wildman–Crippen MR) is 60.6 cm³/mol. The molecule has 0 bridgehead atoms. The Labute approximate surface area is 93.7 Å². The van der Waals surface area contributed by atoms with E-state index in [1.165, 1.54) is 7.11 Å². The molecule has 1 aromatic carbocycles. The lowest BCUT2D eigenvalue weighted by Gasteiger charge is -2.07.